The number of rotatable bonds is 10. The second-order valence-corrected chi connectivity index (χ2v) is 26.0. The SMILES string of the molecule is c1ccc(-c2nc(-n3c4ccccc4c4c(-c5ccc6c(c5)c5cccnc5n6-c5ccccc5)cccc43)nc3ccccc23)cc1.c1ccc(-n2c3ccc(-c4cccc5c4c4ccccc4n5-c4ccc(-c5cc(-c6ccccn6)nc(-c6ccccn6)c5)cc4)cc3c3cccnc32)cc1. The molecule has 0 amide bonds. The first-order valence-corrected chi connectivity index (χ1v) is 34.8. The largest absolute Gasteiger partial charge is 0.309 e. The van der Waals surface area contributed by atoms with E-state index in [1.54, 1.807) is 12.4 Å². The van der Waals surface area contributed by atoms with Crippen LogP contribution in [0.3, 0.4) is 0 Å². The van der Waals surface area contributed by atoms with E-state index < -0.39 is 0 Å². The second kappa shape index (κ2) is 24.9. The molecular formula is C93H59N11. The molecule has 10 heterocycles. The number of pyridine rings is 5. The normalized spacial score (nSPS) is 11.7. The van der Waals surface area contributed by atoms with Crippen molar-refractivity contribution in [1.82, 2.24) is 53.2 Å². The predicted octanol–water partition coefficient (Wildman–Crippen LogP) is 22.7. The summed E-state index contributed by atoms with van der Waals surface area (Å²) in [5.74, 6) is 0.656. The van der Waals surface area contributed by atoms with Crippen molar-refractivity contribution in [3.8, 4) is 90.4 Å². The van der Waals surface area contributed by atoms with Crippen LogP contribution >= 0.6 is 0 Å². The van der Waals surface area contributed by atoms with Crippen LogP contribution in [0, 0.1) is 0 Å². The molecule has 0 saturated carbocycles. The van der Waals surface area contributed by atoms with E-state index in [1.807, 2.05) is 79.1 Å². The van der Waals surface area contributed by atoms with Gasteiger partial charge < -0.3 is 4.57 Å². The van der Waals surface area contributed by atoms with Crippen molar-refractivity contribution >= 4 is 98.4 Å². The lowest BCUT2D eigenvalue weighted by atomic mass is 9.98. The summed E-state index contributed by atoms with van der Waals surface area (Å²) in [7, 11) is 0. The Morgan fingerprint density at radius 2 is 0.644 bits per heavy atom. The Morgan fingerprint density at radius 1 is 0.212 bits per heavy atom. The van der Waals surface area contributed by atoms with Crippen molar-refractivity contribution in [2.75, 3.05) is 0 Å². The van der Waals surface area contributed by atoms with Gasteiger partial charge in [0.25, 0.3) is 0 Å². The number of para-hydroxylation sites is 5. The lowest BCUT2D eigenvalue weighted by Crippen LogP contribution is -2.03. The third kappa shape index (κ3) is 10.0. The lowest BCUT2D eigenvalue weighted by molar-refractivity contribution is 1.01. The molecule has 0 saturated heterocycles. The van der Waals surface area contributed by atoms with E-state index in [0.717, 1.165) is 145 Å². The summed E-state index contributed by atoms with van der Waals surface area (Å²) in [4.78, 5) is 34.3. The Bertz CT molecular complexity index is 6830. The Labute approximate surface area is 596 Å². The van der Waals surface area contributed by atoms with Gasteiger partial charge in [-0.25, -0.2) is 24.9 Å². The monoisotopic (exact) mass is 1330 g/mol. The van der Waals surface area contributed by atoms with Crippen LogP contribution in [-0.2, 0) is 0 Å². The molecule has 11 aromatic carbocycles. The molecule has 486 valence electrons. The van der Waals surface area contributed by atoms with Gasteiger partial charge in [-0.2, -0.15) is 0 Å². The van der Waals surface area contributed by atoms with Crippen LogP contribution in [0.4, 0.5) is 0 Å². The van der Waals surface area contributed by atoms with Gasteiger partial charge in [0.1, 0.15) is 11.3 Å². The van der Waals surface area contributed by atoms with Gasteiger partial charge in [-0.05, 0) is 185 Å². The Hall–Kier alpha value is -14.3. The molecule has 104 heavy (non-hydrogen) atoms. The Kier molecular flexibility index (Phi) is 14.3. The number of aromatic nitrogens is 11. The molecule has 0 atom stereocenters. The van der Waals surface area contributed by atoms with Crippen molar-refractivity contribution in [3.63, 3.8) is 0 Å². The molecular weight excluding hydrogens is 1270 g/mol. The maximum Gasteiger partial charge on any atom is 0.235 e. The highest BCUT2D eigenvalue weighted by atomic mass is 15.2. The highest BCUT2D eigenvalue weighted by molar-refractivity contribution is 6.19. The minimum absolute atomic E-state index is 0.656. The van der Waals surface area contributed by atoms with Gasteiger partial charge in [0.05, 0.1) is 67.1 Å². The van der Waals surface area contributed by atoms with Crippen molar-refractivity contribution in [3.05, 3.63) is 358 Å². The van der Waals surface area contributed by atoms with Gasteiger partial charge >= 0.3 is 0 Å². The molecule has 10 aromatic heterocycles. The van der Waals surface area contributed by atoms with Gasteiger partial charge in [0.2, 0.25) is 5.95 Å². The van der Waals surface area contributed by atoms with Crippen LogP contribution in [0.5, 0.6) is 0 Å². The predicted molar refractivity (Wildman–Crippen MR) is 425 cm³/mol. The molecule has 0 bridgehead atoms. The van der Waals surface area contributed by atoms with Crippen LogP contribution in [0.2, 0.25) is 0 Å². The number of fused-ring (bicyclic) bond motifs is 13. The Balaban J connectivity index is 0.000000140. The maximum atomic E-state index is 5.27. The second-order valence-electron chi connectivity index (χ2n) is 26.0. The molecule has 0 spiro atoms. The minimum Gasteiger partial charge on any atom is -0.309 e. The molecule has 11 heteroatoms. The first-order chi connectivity index (χ1) is 51.6. The molecule has 0 fully saturated rings. The van der Waals surface area contributed by atoms with Crippen molar-refractivity contribution in [2.45, 2.75) is 0 Å². The molecule has 11 nitrogen and oxygen atoms in total. The zero-order valence-electron chi connectivity index (χ0n) is 56.0. The van der Waals surface area contributed by atoms with Crippen LogP contribution in [0.15, 0.2) is 358 Å². The molecule has 0 aliphatic heterocycles. The molecule has 0 N–H and O–H groups in total. The summed E-state index contributed by atoms with van der Waals surface area (Å²) in [6, 6.07) is 117. The smallest absolute Gasteiger partial charge is 0.235 e. The average Bonchev–Trinajstić information content (AvgIpc) is 1.57. The summed E-state index contributed by atoms with van der Waals surface area (Å²) in [6.45, 7) is 0. The molecule has 0 unspecified atom stereocenters. The fourth-order valence-electron chi connectivity index (χ4n) is 15.5. The standard InChI is InChI=1S/C50H32N6.C43H27N5/c1-2-12-36(13-3-1)56-47-26-23-34(30-41(47)39-16-11-29-53-50(39)56)38-15-10-20-48-49(38)40-14-4-5-19-46(40)55(48)37-24-21-33(22-25-37)35-31-44(42-17-6-8-27-51-42)54-45(32-35)43-18-7-9-28-52-43;1-3-13-28(14-4-1)41-33-17-7-9-21-36(33)45-43(46-41)48-37-22-10-8-18-34(37)40-31(19-11-23-39(40)48)29-24-25-38-35(27-29)32-20-12-26-44-42(32)47(38)30-15-5-2-6-16-30/h1-32H;1-27H. The van der Waals surface area contributed by atoms with E-state index in [4.69, 9.17) is 24.9 Å². The number of nitrogens with zero attached hydrogens (tertiary/aromatic N) is 11. The van der Waals surface area contributed by atoms with E-state index in [2.05, 4.69) is 295 Å². The minimum atomic E-state index is 0.656. The van der Waals surface area contributed by atoms with E-state index in [-0.39, 0.29) is 0 Å². The van der Waals surface area contributed by atoms with Gasteiger partial charge in [0.15, 0.2) is 0 Å². The highest BCUT2D eigenvalue weighted by Gasteiger charge is 2.24. The third-order valence-electron chi connectivity index (χ3n) is 20.1. The van der Waals surface area contributed by atoms with Crippen molar-refractivity contribution < 1.29 is 0 Å². The molecule has 0 aliphatic carbocycles. The Morgan fingerprint density at radius 3 is 1.19 bits per heavy atom. The third-order valence-corrected chi connectivity index (χ3v) is 20.1. The summed E-state index contributed by atoms with van der Waals surface area (Å²) < 4.78 is 9.11. The first-order valence-electron chi connectivity index (χ1n) is 34.8. The summed E-state index contributed by atoms with van der Waals surface area (Å²) in [6.07, 6.45) is 7.35. The summed E-state index contributed by atoms with van der Waals surface area (Å²) in [5.41, 5.74) is 24.9. The molecule has 0 radical (unpaired) electrons. The number of benzene rings is 11. The fraction of sp³-hybridized carbons (Fsp3) is 0. The van der Waals surface area contributed by atoms with Gasteiger partial charge in [-0.15, -0.1) is 0 Å². The molecule has 21 aromatic rings. The quantitative estimate of drug-likeness (QED) is 0.134. The van der Waals surface area contributed by atoms with Crippen molar-refractivity contribution in [2.24, 2.45) is 0 Å². The van der Waals surface area contributed by atoms with Crippen LogP contribution in [0.25, 0.3) is 189 Å². The van der Waals surface area contributed by atoms with E-state index in [0.29, 0.717) is 5.95 Å². The fourth-order valence-corrected chi connectivity index (χ4v) is 15.5. The van der Waals surface area contributed by atoms with Crippen LogP contribution in [-0.4, -0.2) is 53.2 Å². The van der Waals surface area contributed by atoms with Gasteiger partial charge in [0, 0.05) is 95.9 Å². The topological polar surface area (TPSA) is 110 Å². The first kappa shape index (κ1) is 59.7. The lowest BCUT2D eigenvalue weighted by Gasteiger charge is -2.12. The van der Waals surface area contributed by atoms with Crippen molar-refractivity contribution in [1.29, 1.82) is 0 Å². The van der Waals surface area contributed by atoms with E-state index in [9.17, 15) is 0 Å². The zero-order chi connectivity index (χ0) is 68.6. The highest BCUT2D eigenvalue weighted by Crippen LogP contribution is 2.44. The van der Waals surface area contributed by atoms with E-state index >= 15 is 0 Å². The van der Waals surface area contributed by atoms with E-state index in [1.165, 1.54) is 38.1 Å². The molecule has 21 rings (SSSR count). The number of hydrogen-bond acceptors (Lipinski definition) is 7. The zero-order valence-corrected chi connectivity index (χ0v) is 56.0. The average molecular weight is 1330 g/mol. The molecule has 0 aliphatic rings. The van der Waals surface area contributed by atoms with Gasteiger partial charge in [-0.3, -0.25) is 23.7 Å². The summed E-state index contributed by atoms with van der Waals surface area (Å²) >= 11 is 0. The van der Waals surface area contributed by atoms with Gasteiger partial charge in [-0.1, -0.05) is 182 Å². The van der Waals surface area contributed by atoms with Crippen LogP contribution in [0.1, 0.15) is 0 Å². The number of hydrogen-bond donors (Lipinski definition) is 0. The maximum absolute atomic E-state index is 5.27. The van der Waals surface area contributed by atoms with Crippen LogP contribution < -0.4 is 0 Å². The summed E-state index contributed by atoms with van der Waals surface area (Å²) in [5, 5.41) is 10.4.